The fraction of sp³-hybridized carbons (Fsp3) is 0.0455. The number of benzene rings is 3. The monoisotopic (exact) mass is 487 g/mol. The number of aromatic nitrogens is 2. The number of sulfone groups is 1. The van der Waals surface area contributed by atoms with Crippen LogP contribution in [0.15, 0.2) is 65.8 Å². The molecule has 1 amide bonds. The van der Waals surface area contributed by atoms with Crippen LogP contribution in [0, 0.1) is 0 Å². The molecule has 32 heavy (non-hydrogen) atoms. The highest BCUT2D eigenvalue weighted by atomic mass is 35.5. The van der Waals surface area contributed by atoms with Crippen LogP contribution in [-0.4, -0.2) is 30.5 Å². The average Bonchev–Trinajstić information content (AvgIpc) is 2.74. The topological polar surface area (TPSA) is 112 Å². The summed E-state index contributed by atoms with van der Waals surface area (Å²) in [4.78, 5) is 20.0. The number of fused-ring (bicyclic) bond motifs is 1. The molecule has 3 aromatic carbocycles. The van der Waals surface area contributed by atoms with Gasteiger partial charge >= 0.3 is 0 Å². The van der Waals surface area contributed by atoms with E-state index in [2.05, 4.69) is 9.97 Å². The number of nitrogens with two attached hydrogens (primary N) is 1. The molecular formula is C22H15Cl2N3O4S. The molecule has 4 rings (SSSR count). The lowest BCUT2D eigenvalue weighted by Gasteiger charge is -2.12. The molecule has 4 aromatic rings. The van der Waals surface area contributed by atoms with Gasteiger partial charge in [-0.1, -0.05) is 35.3 Å². The highest BCUT2D eigenvalue weighted by Gasteiger charge is 2.19. The van der Waals surface area contributed by atoms with Crippen molar-refractivity contribution in [1.82, 2.24) is 9.97 Å². The van der Waals surface area contributed by atoms with E-state index in [-0.39, 0.29) is 16.2 Å². The molecule has 162 valence electrons. The second-order valence-corrected chi connectivity index (χ2v) is 9.69. The van der Waals surface area contributed by atoms with Gasteiger partial charge in [0.25, 0.3) is 0 Å². The quantitative estimate of drug-likeness (QED) is 0.428. The largest absolute Gasteiger partial charge is 0.457 e. The van der Waals surface area contributed by atoms with Gasteiger partial charge in [0.05, 0.1) is 31.7 Å². The van der Waals surface area contributed by atoms with Gasteiger partial charge in [-0.25, -0.2) is 18.4 Å². The number of nitrogens with zero attached hydrogens (tertiary/aromatic N) is 2. The van der Waals surface area contributed by atoms with E-state index in [9.17, 15) is 13.2 Å². The Morgan fingerprint density at radius 3 is 2.41 bits per heavy atom. The zero-order chi connectivity index (χ0) is 23.0. The van der Waals surface area contributed by atoms with Crippen LogP contribution in [0.4, 0.5) is 0 Å². The third-order valence-corrected chi connectivity index (χ3v) is 6.43. The summed E-state index contributed by atoms with van der Waals surface area (Å²) in [7, 11) is -3.71. The van der Waals surface area contributed by atoms with Crippen molar-refractivity contribution >= 4 is 49.8 Å². The summed E-state index contributed by atoms with van der Waals surface area (Å²) in [6.45, 7) is 0. The first-order valence-electron chi connectivity index (χ1n) is 9.16. The van der Waals surface area contributed by atoms with Gasteiger partial charge in [-0.05, 0) is 36.4 Å². The van der Waals surface area contributed by atoms with E-state index in [1.165, 1.54) is 24.5 Å². The van der Waals surface area contributed by atoms with Gasteiger partial charge in [0, 0.05) is 23.3 Å². The molecule has 0 saturated heterocycles. The fourth-order valence-corrected chi connectivity index (χ4v) is 4.56. The molecule has 2 N–H and O–H groups in total. The summed E-state index contributed by atoms with van der Waals surface area (Å²) in [6.07, 6.45) is 2.39. The molecule has 0 atom stereocenters. The number of amides is 1. The number of ether oxygens (including phenoxy) is 1. The smallest absolute Gasteiger partial charge is 0.250 e. The summed E-state index contributed by atoms with van der Waals surface area (Å²) >= 11 is 12.7. The fourth-order valence-electron chi connectivity index (χ4n) is 3.23. The van der Waals surface area contributed by atoms with Crippen LogP contribution in [-0.2, 0) is 9.84 Å². The van der Waals surface area contributed by atoms with Crippen molar-refractivity contribution in [3.8, 4) is 22.8 Å². The van der Waals surface area contributed by atoms with E-state index in [0.29, 0.717) is 38.0 Å². The summed E-state index contributed by atoms with van der Waals surface area (Å²) in [5.74, 6) is -0.260. The first-order valence-corrected chi connectivity index (χ1v) is 11.8. The summed E-state index contributed by atoms with van der Waals surface area (Å²) in [5, 5.41) is 1.62. The maximum atomic E-state index is 12.1. The molecule has 7 nitrogen and oxygen atoms in total. The Labute approximate surface area is 193 Å². The summed E-state index contributed by atoms with van der Waals surface area (Å²) in [5.41, 5.74) is 6.91. The lowest BCUT2D eigenvalue weighted by molar-refractivity contribution is 0.0997. The van der Waals surface area contributed by atoms with Crippen LogP contribution in [0.3, 0.4) is 0 Å². The second kappa shape index (κ2) is 8.38. The Bertz CT molecular complexity index is 1490. The minimum absolute atomic E-state index is 0.110. The zero-order valence-corrected chi connectivity index (χ0v) is 18.9. The molecule has 0 spiro atoms. The number of para-hydroxylation sites is 1. The Morgan fingerprint density at radius 2 is 1.69 bits per heavy atom. The van der Waals surface area contributed by atoms with E-state index in [1.54, 1.807) is 30.3 Å². The van der Waals surface area contributed by atoms with Crippen LogP contribution >= 0.6 is 23.2 Å². The van der Waals surface area contributed by atoms with Crippen LogP contribution in [0.5, 0.6) is 11.5 Å². The van der Waals surface area contributed by atoms with Gasteiger partial charge in [0.2, 0.25) is 5.91 Å². The minimum atomic E-state index is -3.71. The van der Waals surface area contributed by atoms with Gasteiger partial charge in [-0.2, -0.15) is 0 Å². The molecule has 0 aliphatic heterocycles. The maximum absolute atomic E-state index is 12.1. The van der Waals surface area contributed by atoms with Crippen molar-refractivity contribution in [2.45, 2.75) is 4.90 Å². The molecule has 1 heterocycles. The molecule has 10 heteroatoms. The zero-order valence-electron chi connectivity index (χ0n) is 16.5. The predicted octanol–water partition coefficient (Wildman–Crippen LogP) is 4.90. The van der Waals surface area contributed by atoms with Gasteiger partial charge in [-0.15, -0.1) is 0 Å². The highest BCUT2D eigenvalue weighted by molar-refractivity contribution is 7.90. The summed E-state index contributed by atoms with van der Waals surface area (Å²) < 4.78 is 30.0. The molecule has 0 fully saturated rings. The van der Waals surface area contributed by atoms with Gasteiger partial charge in [-0.3, -0.25) is 4.79 Å². The lowest BCUT2D eigenvalue weighted by atomic mass is 10.1. The molecule has 0 bridgehead atoms. The number of rotatable bonds is 5. The van der Waals surface area contributed by atoms with Crippen molar-refractivity contribution in [3.63, 3.8) is 0 Å². The van der Waals surface area contributed by atoms with E-state index in [1.807, 2.05) is 6.07 Å². The maximum Gasteiger partial charge on any atom is 0.250 e. The Hall–Kier alpha value is -3.20. The Balaban J connectivity index is 1.79. The number of primary amides is 1. The van der Waals surface area contributed by atoms with E-state index in [4.69, 9.17) is 33.7 Å². The van der Waals surface area contributed by atoms with Crippen molar-refractivity contribution in [3.05, 3.63) is 76.5 Å². The molecule has 0 saturated carbocycles. The van der Waals surface area contributed by atoms with Crippen LogP contribution < -0.4 is 10.5 Å². The second-order valence-electron chi connectivity index (χ2n) is 6.90. The molecular weight excluding hydrogens is 473 g/mol. The standard InChI is InChI=1S/C22H15Cl2N3O4S/c1-32(29,30)19-10-13(5-7-14(19)22(25)28)31-12-6-8-17(23)16(9-12)20-15-3-2-4-18(24)21(15)27-11-26-20/h2-11H,1H3,(H2,25,28). The molecule has 0 unspecified atom stereocenters. The number of hydrogen-bond acceptors (Lipinski definition) is 6. The predicted molar refractivity (Wildman–Crippen MR) is 123 cm³/mol. The third kappa shape index (κ3) is 4.25. The minimum Gasteiger partial charge on any atom is -0.457 e. The Morgan fingerprint density at radius 1 is 0.969 bits per heavy atom. The van der Waals surface area contributed by atoms with E-state index in [0.717, 1.165) is 6.26 Å². The number of halogens is 2. The summed E-state index contributed by atoms with van der Waals surface area (Å²) in [6, 6.07) is 14.3. The molecule has 1 aromatic heterocycles. The highest BCUT2D eigenvalue weighted by Crippen LogP contribution is 2.37. The van der Waals surface area contributed by atoms with Gasteiger partial charge < -0.3 is 10.5 Å². The molecule has 0 aliphatic rings. The van der Waals surface area contributed by atoms with Crippen LogP contribution in [0.2, 0.25) is 10.0 Å². The lowest BCUT2D eigenvalue weighted by Crippen LogP contribution is -2.15. The van der Waals surface area contributed by atoms with Crippen molar-refractivity contribution in [2.75, 3.05) is 6.26 Å². The van der Waals surface area contributed by atoms with E-state index < -0.39 is 15.7 Å². The van der Waals surface area contributed by atoms with Crippen molar-refractivity contribution < 1.29 is 17.9 Å². The average molecular weight is 488 g/mol. The number of hydrogen-bond donors (Lipinski definition) is 1. The van der Waals surface area contributed by atoms with Crippen molar-refractivity contribution in [2.24, 2.45) is 5.73 Å². The Kier molecular flexibility index (Phi) is 5.77. The van der Waals surface area contributed by atoms with Gasteiger partial charge in [0.15, 0.2) is 9.84 Å². The first kappa shape index (κ1) is 22.0. The number of carbonyl (C=O) groups excluding carboxylic acids is 1. The SMILES string of the molecule is CS(=O)(=O)c1cc(Oc2ccc(Cl)c(-c3ncnc4c(Cl)cccc34)c2)ccc1C(N)=O. The first-order chi connectivity index (χ1) is 15.1. The molecule has 0 radical (unpaired) electrons. The molecule has 0 aliphatic carbocycles. The van der Waals surface area contributed by atoms with Gasteiger partial charge in [0.1, 0.15) is 17.8 Å². The van der Waals surface area contributed by atoms with E-state index >= 15 is 0 Å². The third-order valence-electron chi connectivity index (χ3n) is 4.66. The normalized spacial score (nSPS) is 11.5. The van der Waals surface area contributed by atoms with Crippen LogP contribution in [0.25, 0.3) is 22.2 Å². The van der Waals surface area contributed by atoms with Crippen LogP contribution in [0.1, 0.15) is 10.4 Å². The van der Waals surface area contributed by atoms with Crippen molar-refractivity contribution in [1.29, 1.82) is 0 Å². The number of carbonyl (C=O) groups is 1.